The maximum Gasteiger partial charge on any atom is 0.344 e. The molecular formula is C16H12FNO3. The molecule has 0 atom stereocenters. The quantitative estimate of drug-likeness (QED) is 0.793. The zero-order valence-corrected chi connectivity index (χ0v) is 11.1. The molecule has 0 spiro atoms. The average Bonchev–Trinajstić information content (AvgIpc) is 2.52. The molecule has 2 aromatic rings. The van der Waals surface area contributed by atoms with Crippen LogP contribution in [0.4, 0.5) is 4.39 Å². The van der Waals surface area contributed by atoms with Gasteiger partial charge in [0.05, 0.1) is 5.56 Å². The third kappa shape index (κ3) is 4.32. The van der Waals surface area contributed by atoms with Crippen LogP contribution >= 0.6 is 0 Å². The van der Waals surface area contributed by atoms with Crippen LogP contribution in [0.1, 0.15) is 11.1 Å². The van der Waals surface area contributed by atoms with E-state index in [1.807, 2.05) is 6.07 Å². The Labute approximate surface area is 121 Å². The fourth-order valence-corrected chi connectivity index (χ4v) is 1.61. The van der Waals surface area contributed by atoms with Gasteiger partial charge in [-0.05, 0) is 29.8 Å². The molecular weight excluding hydrogens is 273 g/mol. The minimum absolute atomic E-state index is 0.0440. The number of carbonyl (C=O) groups is 1. The van der Waals surface area contributed by atoms with Crippen molar-refractivity contribution in [3.8, 4) is 11.8 Å². The maximum atomic E-state index is 12.7. The lowest BCUT2D eigenvalue weighted by Gasteiger charge is -2.08. The topological polar surface area (TPSA) is 59.3 Å². The standard InChI is InChI=1S/C16H12FNO3/c17-14-7-5-12(6-8-14)10-21-16(19)11-20-15-4-2-1-3-13(15)9-18/h1-8H,10-11H2. The second-order valence-electron chi connectivity index (χ2n) is 4.18. The number of nitriles is 1. The fourth-order valence-electron chi connectivity index (χ4n) is 1.61. The van der Waals surface area contributed by atoms with Crippen LogP contribution in [-0.4, -0.2) is 12.6 Å². The van der Waals surface area contributed by atoms with Gasteiger partial charge in [0.15, 0.2) is 6.61 Å². The summed E-state index contributed by atoms with van der Waals surface area (Å²) in [6.45, 7) is -0.248. The Bertz CT molecular complexity index is 662. The smallest absolute Gasteiger partial charge is 0.344 e. The predicted molar refractivity (Wildman–Crippen MR) is 72.8 cm³/mol. The number of hydrogen-bond donors (Lipinski definition) is 0. The van der Waals surface area contributed by atoms with Gasteiger partial charge < -0.3 is 9.47 Å². The first kappa shape index (κ1) is 14.5. The summed E-state index contributed by atoms with van der Waals surface area (Å²) in [6.07, 6.45) is 0. The van der Waals surface area contributed by atoms with Crippen LogP contribution in [-0.2, 0) is 16.1 Å². The zero-order valence-electron chi connectivity index (χ0n) is 11.1. The molecule has 0 radical (unpaired) electrons. The molecule has 0 bridgehead atoms. The monoisotopic (exact) mass is 285 g/mol. The first-order valence-electron chi connectivity index (χ1n) is 6.21. The summed E-state index contributed by atoms with van der Waals surface area (Å²) in [7, 11) is 0. The van der Waals surface area contributed by atoms with Crippen molar-refractivity contribution in [1.29, 1.82) is 5.26 Å². The van der Waals surface area contributed by atoms with Gasteiger partial charge in [0.2, 0.25) is 0 Å². The average molecular weight is 285 g/mol. The molecule has 4 nitrogen and oxygen atoms in total. The molecule has 0 heterocycles. The minimum Gasteiger partial charge on any atom is -0.481 e. The van der Waals surface area contributed by atoms with E-state index in [0.717, 1.165) is 0 Å². The fraction of sp³-hybridized carbons (Fsp3) is 0.125. The van der Waals surface area contributed by atoms with Gasteiger partial charge in [-0.1, -0.05) is 24.3 Å². The van der Waals surface area contributed by atoms with Crippen molar-refractivity contribution in [3.05, 3.63) is 65.5 Å². The number of carbonyl (C=O) groups excluding carboxylic acids is 1. The molecule has 21 heavy (non-hydrogen) atoms. The van der Waals surface area contributed by atoms with E-state index in [1.165, 1.54) is 24.3 Å². The number of halogens is 1. The minimum atomic E-state index is -0.563. The van der Waals surface area contributed by atoms with Crippen LogP contribution in [0.15, 0.2) is 48.5 Å². The highest BCUT2D eigenvalue weighted by molar-refractivity contribution is 5.71. The number of rotatable bonds is 5. The number of benzene rings is 2. The van der Waals surface area contributed by atoms with Crippen molar-refractivity contribution in [2.75, 3.05) is 6.61 Å². The first-order chi connectivity index (χ1) is 10.2. The van der Waals surface area contributed by atoms with Gasteiger partial charge in [0.1, 0.15) is 24.2 Å². The SMILES string of the molecule is N#Cc1ccccc1OCC(=O)OCc1ccc(F)cc1. The molecule has 0 aromatic heterocycles. The van der Waals surface area contributed by atoms with Gasteiger partial charge in [-0.25, -0.2) is 9.18 Å². The predicted octanol–water partition coefficient (Wildman–Crippen LogP) is 2.82. The Hall–Kier alpha value is -2.87. The summed E-state index contributed by atoms with van der Waals surface area (Å²) in [5.41, 5.74) is 1.03. The van der Waals surface area contributed by atoms with Crippen molar-refractivity contribution >= 4 is 5.97 Å². The lowest BCUT2D eigenvalue weighted by atomic mass is 10.2. The molecule has 0 aliphatic heterocycles. The molecule has 0 aliphatic carbocycles. The summed E-state index contributed by atoms with van der Waals surface area (Å²) in [6, 6.07) is 14.2. The van der Waals surface area contributed by atoms with Gasteiger partial charge in [0.25, 0.3) is 0 Å². The third-order valence-corrected chi connectivity index (χ3v) is 2.67. The molecule has 0 saturated carbocycles. The van der Waals surface area contributed by atoms with Crippen molar-refractivity contribution in [2.24, 2.45) is 0 Å². The second-order valence-corrected chi connectivity index (χ2v) is 4.18. The summed E-state index contributed by atoms with van der Waals surface area (Å²) >= 11 is 0. The highest BCUT2D eigenvalue weighted by Gasteiger charge is 2.07. The highest BCUT2D eigenvalue weighted by Crippen LogP contribution is 2.16. The van der Waals surface area contributed by atoms with E-state index in [1.54, 1.807) is 24.3 Å². The Balaban J connectivity index is 1.82. The summed E-state index contributed by atoms with van der Waals surface area (Å²) < 4.78 is 22.9. The summed E-state index contributed by atoms with van der Waals surface area (Å²) in [5, 5.41) is 8.88. The lowest BCUT2D eigenvalue weighted by Crippen LogP contribution is -2.15. The van der Waals surface area contributed by atoms with Crippen molar-refractivity contribution in [1.82, 2.24) is 0 Å². The molecule has 2 rings (SSSR count). The van der Waals surface area contributed by atoms with Crippen LogP contribution in [0.25, 0.3) is 0 Å². The first-order valence-corrected chi connectivity index (χ1v) is 6.21. The molecule has 0 amide bonds. The van der Waals surface area contributed by atoms with Crippen molar-refractivity contribution < 1.29 is 18.7 Å². The van der Waals surface area contributed by atoms with E-state index in [2.05, 4.69) is 0 Å². The van der Waals surface area contributed by atoms with E-state index in [0.29, 0.717) is 16.9 Å². The van der Waals surface area contributed by atoms with E-state index in [4.69, 9.17) is 14.7 Å². The van der Waals surface area contributed by atoms with Crippen LogP contribution < -0.4 is 4.74 Å². The second kappa shape index (κ2) is 7.06. The molecule has 0 N–H and O–H groups in total. The van der Waals surface area contributed by atoms with E-state index < -0.39 is 5.97 Å². The number of ether oxygens (including phenoxy) is 2. The van der Waals surface area contributed by atoms with Crippen LogP contribution in [0, 0.1) is 17.1 Å². The van der Waals surface area contributed by atoms with Crippen LogP contribution in [0.3, 0.4) is 0 Å². The van der Waals surface area contributed by atoms with Gasteiger partial charge in [-0.3, -0.25) is 0 Å². The molecule has 0 saturated heterocycles. The Morgan fingerprint density at radius 1 is 1.14 bits per heavy atom. The van der Waals surface area contributed by atoms with Crippen LogP contribution in [0.2, 0.25) is 0 Å². The molecule has 0 aliphatic rings. The van der Waals surface area contributed by atoms with Gasteiger partial charge in [0, 0.05) is 0 Å². The van der Waals surface area contributed by atoms with E-state index >= 15 is 0 Å². The molecule has 0 unspecified atom stereocenters. The summed E-state index contributed by atoms with van der Waals surface area (Å²) in [5.74, 6) is -0.577. The van der Waals surface area contributed by atoms with E-state index in [9.17, 15) is 9.18 Å². The molecule has 2 aromatic carbocycles. The van der Waals surface area contributed by atoms with Crippen LogP contribution in [0.5, 0.6) is 5.75 Å². The Morgan fingerprint density at radius 3 is 2.57 bits per heavy atom. The Kier molecular flexibility index (Phi) is 4.89. The molecule has 106 valence electrons. The number of hydrogen-bond acceptors (Lipinski definition) is 4. The van der Waals surface area contributed by atoms with Gasteiger partial charge >= 0.3 is 5.97 Å². The molecule has 5 heteroatoms. The normalized spacial score (nSPS) is 9.71. The highest BCUT2D eigenvalue weighted by atomic mass is 19.1. The van der Waals surface area contributed by atoms with E-state index in [-0.39, 0.29) is 19.0 Å². The van der Waals surface area contributed by atoms with Gasteiger partial charge in [-0.2, -0.15) is 5.26 Å². The Morgan fingerprint density at radius 2 is 1.86 bits per heavy atom. The zero-order chi connectivity index (χ0) is 15.1. The summed E-state index contributed by atoms with van der Waals surface area (Å²) in [4.78, 5) is 11.6. The van der Waals surface area contributed by atoms with Crippen molar-refractivity contribution in [3.63, 3.8) is 0 Å². The third-order valence-electron chi connectivity index (χ3n) is 2.67. The van der Waals surface area contributed by atoms with Gasteiger partial charge in [-0.15, -0.1) is 0 Å². The lowest BCUT2D eigenvalue weighted by molar-refractivity contribution is -0.147. The maximum absolute atomic E-state index is 12.7. The van der Waals surface area contributed by atoms with Crippen molar-refractivity contribution in [2.45, 2.75) is 6.61 Å². The number of esters is 1. The molecule has 0 fully saturated rings. The largest absolute Gasteiger partial charge is 0.481 e. The number of para-hydroxylation sites is 1. The number of nitrogens with zero attached hydrogens (tertiary/aromatic N) is 1.